The quantitative estimate of drug-likeness (QED) is 0.176. The Morgan fingerprint density at radius 2 is 1.80 bits per heavy atom. The zero-order chi connectivity index (χ0) is 28.7. The Morgan fingerprint density at radius 1 is 1.02 bits per heavy atom. The summed E-state index contributed by atoms with van der Waals surface area (Å²) in [5.41, 5.74) is 5.06. The van der Waals surface area contributed by atoms with Crippen molar-refractivity contribution in [3.05, 3.63) is 90.4 Å². The van der Waals surface area contributed by atoms with Gasteiger partial charge in [0.25, 0.3) is 11.7 Å². The highest BCUT2D eigenvalue weighted by Crippen LogP contribution is 2.35. The van der Waals surface area contributed by atoms with Gasteiger partial charge in [-0.2, -0.15) is 10.2 Å². The first kappa shape index (κ1) is 25.7. The summed E-state index contributed by atoms with van der Waals surface area (Å²) in [6.07, 6.45) is 8.47. The van der Waals surface area contributed by atoms with E-state index in [-0.39, 0.29) is 19.0 Å². The molecule has 1 atom stereocenters. The Morgan fingerprint density at radius 3 is 2.59 bits per heavy atom. The van der Waals surface area contributed by atoms with Crippen LogP contribution in [0.15, 0.2) is 79.2 Å². The molecule has 13 nitrogen and oxygen atoms in total. The van der Waals surface area contributed by atoms with Crippen LogP contribution in [0, 0.1) is 12.8 Å². The Labute approximate surface area is 233 Å². The number of fused-ring (bicyclic) bond motifs is 2. The maximum Gasteiger partial charge on any atom is 0.324 e. The number of pyridine rings is 1. The van der Waals surface area contributed by atoms with E-state index in [1.807, 2.05) is 62.5 Å². The number of hydrogen-bond acceptors (Lipinski definition) is 10. The van der Waals surface area contributed by atoms with Gasteiger partial charge < -0.3 is 30.3 Å². The first-order valence-corrected chi connectivity index (χ1v) is 12.8. The molecule has 4 aromatic heterocycles. The third-order valence-electron chi connectivity index (χ3n) is 6.94. The maximum atomic E-state index is 12.4. The Kier molecular flexibility index (Phi) is 6.38. The van der Waals surface area contributed by atoms with Gasteiger partial charge in [-0.05, 0) is 54.3 Å². The minimum Gasteiger partial charge on any atom is -0.498 e. The fourth-order valence-corrected chi connectivity index (χ4v) is 4.94. The summed E-state index contributed by atoms with van der Waals surface area (Å²) >= 11 is 0. The van der Waals surface area contributed by atoms with Gasteiger partial charge in [0.1, 0.15) is 29.7 Å². The molecule has 0 saturated carbocycles. The van der Waals surface area contributed by atoms with Gasteiger partial charge in [0.15, 0.2) is 11.5 Å². The Bertz CT molecular complexity index is 1850. The number of carbonyl (C=O) groups excluding carboxylic acids is 1. The zero-order valence-corrected chi connectivity index (χ0v) is 22.1. The number of nitrogens with zero attached hydrogens (tertiary/aromatic N) is 7. The summed E-state index contributed by atoms with van der Waals surface area (Å²) in [7, 11) is 0. The van der Waals surface area contributed by atoms with Gasteiger partial charge in [0.2, 0.25) is 0 Å². The van der Waals surface area contributed by atoms with Crippen LogP contribution in [0.4, 0.5) is 11.5 Å². The van der Waals surface area contributed by atoms with E-state index in [4.69, 9.17) is 14.9 Å². The molecule has 1 aliphatic heterocycles. The fraction of sp³-hybridized carbons (Fsp3) is 0.179. The van der Waals surface area contributed by atoms with Crippen molar-refractivity contribution < 1.29 is 24.9 Å². The number of aliphatic hydroxyl groups excluding tert-OH is 2. The number of aromatic nitrogens is 6. The van der Waals surface area contributed by atoms with Gasteiger partial charge in [0, 0.05) is 42.8 Å². The highest BCUT2D eigenvalue weighted by molar-refractivity contribution is 5.93. The van der Waals surface area contributed by atoms with E-state index in [1.54, 1.807) is 15.2 Å². The number of nitrogens with one attached hydrogen (secondary N) is 1. The van der Waals surface area contributed by atoms with Crippen LogP contribution >= 0.6 is 0 Å². The van der Waals surface area contributed by atoms with Crippen LogP contribution in [0.3, 0.4) is 0 Å². The summed E-state index contributed by atoms with van der Waals surface area (Å²) in [6, 6.07) is 11.3. The molecule has 0 radical (unpaired) electrons. The van der Waals surface area contributed by atoms with Gasteiger partial charge in [-0.15, -0.1) is 0 Å². The molecule has 5 heterocycles. The molecule has 0 aliphatic carbocycles. The average Bonchev–Trinajstić information content (AvgIpc) is 3.61. The van der Waals surface area contributed by atoms with Crippen LogP contribution in [-0.2, 0) is 4.79 Å². The standard InChI is InChI=1S/C28H26N8O5/c1-16-11-18(3-4-22(16)41-19-5-9-35-23(12-19)29-14-31-35)33-26-24-21(7-10-36(24)32-15-30-26)20-6-8-34(13-17(20)2)27(38)25(37)28(39)40/h3-7,9-12,14-15,17,37,39-40H,8,13H2,1-2H3,(H,30,32,33). The predicted molar refractivity (Wildman–Crippen MR) is 149 cm³/mol. The van der Waals surface area contributed by atoms with Crippen LogP contribution in [-0.4, -0.2) is 68.4 Å². The van der Waals surface area contributed by atoms with Gasteiger partial charge in [-0.3, -0.25) is 4.79 Å². The number of benzene rings is 1. The van der Waals surface area contributed by atoms with Crippen molar-refractivity contribution in [1.82, 2.24) is 34.1 Å². The molecule has 0 spiro atoms. The maximum absolute atomic E-state index is 12.4. The van der Waals surface area contributed by atoms with Crippen molar-refractivity contribution in [2.75, 3.05) is 18.4 Å². The summed E-state index contributed by atoms with van der Waals surface area (Å²) in [4.78, 5) is 22.4. The Hall–Kier alpha value is -5.59. The molecule has 6 rings (SSSR count). The fourth-order valence-electron chi connectivity index (χ4n) is 4.94. The molecule has 5 aromatic rings. The lowest BCUT2D eigenvalue weighted by atomic mass is 9.91. The van der Waals surface area contributed by atoms with E-state index in [0.717, 1.165) is 27.9 Å². The predicted octanol–water partition coefficient (Wildman–Crippen LogP) is 4.32. The highest BCUT2D eigenvalue weighted by Gasteiger charge is 2.29. The molecule has 13 heteroatoms. The van der Waals surface area contributed by atoms with E-state index in [9.17, 15) is 9.90 Å². The third-order valence-corrected chi connectivity index (χ3v) is 6.94. The summed E-state index contributed by atoms with van der Waals surface area (Å²) in [5, 5.41) is 39.7. The van der Waals surface area contributed by atoms with Crippen LogP contribution in [0.5, 0.6) is 11.5 Å². The lowest BCUT2D eigenvalue weighted by molar-refractivity contribution is -0.130. The number of aryl methyl sites for hydroxylation is 1. The lowest BCUT2D eigenvalue weighted by Gasteiger charge is -2.31. The Balaban J connectivity index is 1.25. The molecule has 0 saturated heterocycles. The van der Waals surface area contributed by atoms with Gasteiger partial charge in [0.05, 0.1) is 0 Å². The van der Waals surface area contributed by atoms with E-state index < -0.39 is 17.6 Å². The van der Waals surface area contributed by atoms with Crippen LogP contribution < -0.4 is 10.1 Å². The topological polar surface area (TPSA) is 163 Å². The zero-order valence-electron chi connectivity index (χ0n) is 22.1. The molecule has 41 heavy (non-hydrogen) atoms. The van der Waals surface area contributed by atoms with Gasteiger partial charge in [-0.1, -0.05) is 13.0 Å². The first-order valence-electron chi connectivity index (χ1n) is 12.8. The SMILES string of the molecule is Cc1cc(Nc2ncnn3ccc(C4=CCN(C(=O)C(O)=C(O)O)CC4C)c23)ccc1Oc1ccn2ncnc2c1. The molecule has 0 fully saturated rings. The number of aliphatic hydroxyl groups is 3. The number of hydrogen-bond donors (Lipinski definition) is 4. The van der Waals surface area contributed by atoms with Crippen molar-refractivity contribution in [3.63, 3.8) is 0 Å². The monoisotopic (exact) mass is 554 g/mol. The number of amides is 1. The molecule has 0 bridgehead atoms. The summed E-state index contributed by atoms with van der Waals surface area (Å²) in [6.45, 7) is 4.38. The van der Waals surface area contributed by atoms with E-state index >= 15 is 0 Å². The van der Waals surface area contributed by atoms with Crippen molar-refractivity contribution in [2.24, 2.45) is 5.92 Å². The molecular formula is C28H26N8O5. The largest absolute Gasteiger partial charge is 0.498 e. The molecule has 1 aromatic carbocycles. The van der Waals surface area contributed by atoms with E-state index in [0.29, 0.717) is 23.0 Å². The summed E-state index contributed by atoms with van der Waals surface area (Å²) < 4.78 is 9.49. The van der Waals surface area contributed by atoms with Crippen molar-refractivity contribution in [2.45, 2.75) is 13.8 Å². The van der Waals surface area contributed by atoms with Crippen molar-refractivity contribution in [1.29, 1.82) is 0 Å². The third kappa shape index (κ3) is 4.84. The van der Waals surface area contributed by atoms with Crippen LogP contribution in [0.1, 0.15) is 18.1 Å². The summed E-state index contributed by atoms with van der Waals surface area (Å²) in [5.74, 6) is -1.48. The second-order valence-electron chi connectivity index (χ2n) is 9.71. The van der Waals surface area contributed by atoms with E-state index in [2.05, 4.69) is 25.5 Å². The van der Waals surface area contributed by atoms with Crippen LogP contribution in [0.25, 0.3) is 16.7 Å². The number of ether oxygens (including phenoxy) is 1. The molecule has 208 valence electrons. The lowest BCUT2D eigenvalue weighted by Crippen LogP contribution is -2.39. The van der Waals surface area contributed by atoms with Gasteiger partial charge >= 0.3 is 5.95 Å². The highest BCUT2D eigenvalue weighted by atomic mass is 16.5. The smallest absolute Gasteiger partial charge is 0.324 e. The molecule has 4 N–H and O–H groups in total. The second kappa shape index (κ2) is 10.2. The number of anilines is 2. The van der Waals surface area contributed by atoms with Crippen LogP contribution in [0.2, 0.25) is 0 Å². The van der Waals surface area contributed by atoms with Crippen molar-refractivity contribution >= 4 is 34.1 Å². The molecule has 1 unspecified atom stereocenters. The van der Waals surface area contributed by atoms with Gasteiger partial charge in [-0.25, -0.2) is 19.0 Å². The number of rotatable bonds is 6. The first-order chi connectivity index (χ1) is 19.8. The minimum atomic E-state index is -1.40. The second-order valence-corrected chi connectivity index (χ2v) is 9.71. The molecule has 1 aliphatic rings. The molecular weight excluding hydrogens is 528 g/mol. The van der Waals surface area contributed by atoms with E-state index in [1.165, 1.54) is 17.6 Å². The van der Waals surface area contributed by atoms with Crippen molar-refractivity contribution in [3.8, 4) is 11.5 Å². The molecule has 1 amide bonds. The number of carbonyl (C=O) groups is 1. The minimum absolute atomic E-state index is 0.115. The average molecular weight is 555 g/mol. The normalized spacial score (nSPS) is 15.1.